The topological polar surface area (TPSA) is 228 Å². The molecule has 0 unspecified atom stereocenters. The van der Waals surface area contributed by atoms with Crippen LogP contribution in [0.3, 0.4) is 0 Å². The van der Waals surface area contributed by atoms with Crippen LogP contribution < -0.4 is 68.6 Å². The van der Waals surface area contributed by atoms with Crippen LogP contribution in [-0.2, 0) is 47.7 Å². The van der Waals surface area contributed by atoms with E-state index in [0.29, 0.717) is 39.6 Å². The van der Waals surface area contributed by atoms with E-state index in [1.165, 1.54) is 30.3 Å². The maximum Gasteiger partial charge on any atom is 1.00 e. The average molecular weight is 844 g/mol. The van der Waals surface area contributed by atoms with Crippen molar-refractivity contribution in [3.63, 3.8) is 0 Å². The van der Waals surface area contributed by atoms with E-state index >= 15 is 0 Å². The van der Waals surface area contributed by atoms with Gasteiger partial charge in [-0.15, -0.1) is 0 Å². The van der Waals surface area contributed by atoms with Crippen LogP contribution in [0.1, 0.15) is 67.6 Å². The van der Waals surface area contributed by atoms with Crippen molar-refractivity contribution >= 4 is 59.1 Å². The SMILES string of the molecule is CC1(C)C(/C=C/C(=C/C=C2/N(CCCS(=O)(=O)[O-])c3ccc(S(=O)(=O)[O-])cc3C2(C)C)c2ccc(C(=O)O)cc2)=Nc2c1ccc[n+]2CCCS(=O)(=O)[O-].[Na+].[Na+]. The zero-order chi connectivity index (χ0) is 39.9. The first-order chi connectivity index (χ1) is 25.0. The molecule has 0 aliphatic carbocycles. The number of nitrogens with zero attached hydrogens (tertiary/aromatic N) is 3. The van der Waals surface area contributed by atoms with Gasteiger partial charge in [0, 0.05) is 34.8 Å². The third kappa shape index (κ3) is 11.1. The molecule has 0 spiro atoms. The van der Waals surface area contributed by atoms with E-state index in [0.717, 1.165) is 5.56 Å². The minimum atomic E-state index is -4.80. The van der Waals surface area contributed by atoms with E-state index in [-0.39, 0.29) is 90.6 Å². The summed E-state index contributed by atoms with van der Waals surface area (Å²) in [7, 11) is -13.7. The number of aryl methyl sites for hydroxylation is 1. The van der Waals surface area contributed by atoms with Crippen molar-refractivity contribution in [3.8, 4) is 0 Å². The second-order valence-electron chi connectivity index (χ2n) is 14.1. The van der Waals surface area contributed by atoms with Crippen molar-refractivity contribution < 1.29 is 112 Å². The second kappa shape index (κ2) is 18.2. The number of carbonyl (C=O) groups is 1. The number of aliphatic imine (C=N–C) groups is 1. The van der Waals surface area contributed by atoms with E-state index in [1.807, 2.05) is 45.9 Å². The Kier molecular flexibility index (Phi) is 15.5. The fraction of sp³-hybridized carbons (Fsp3) is 0.324. The van der Waals surface area contributed by atoms with Gasteiger partial charge in [0.05, 0.1) is 54.4 Å². The van der Waals surface area contributed by atoms with Gasteiger partial charge in [-0.05, 0) is 103 Å². The van der Waals surface area contributed by atoms with Crippen LogP contribution in [0.25, 0.3) is 5.57 Å². The fourth-order valence-electron chi connectivity index (χ4n) is 6.73. The van der Waals surface area contributed by atoms with Crippen molar-refractivity contribution in [1.29, 1.82) is 0 Å². The monoisotopic (exact) mass is 843 g/mol. The number of hydrogen-bond donors (Lipinski definition) is 1. The van der Waals surface area contributed by atoms with Gasteiger partial charge in [-0.3, -0.25) is 0 Å². The van der Waals surface area contributed by atoms with Crippen LogP contribution in [0.2, 0.25) is 0 Å². The van der Waals surface area contributed by atoms with E-state index in [9.17, 15) is 48.8 Å². The van der Waals surface area contributed by atoms with Crippen LogP contribution in [0.4, 0.5) is 11.5 Å². The summed E-state index contributed by atoms with van der Waals surface area (Å²) in [6.07, 6.45) is 9.01. The van der Waals surface area contributed by atoms with Gasteiger partial charge in [0.15, 0.2) is 5.71 Å². The average Bonchev–Trinajstić information content (AvgIpc) is 3.44. The third-order valence-electron chi connectivity index (χ3n) is 9.61. The number of anilines is 1. The Labute approximate surface area is 372 Å². The molecule has 0 saturated carbocycles. The number of fused-ring (bicyclic) bond motifs is 2. The van der Waals surface area contributed by atoms with Crippen LogP contribution in [0, 0.1) is 0 Å². The standard InChI is InChI=1S/C37H41N3O11S3.2Na/c1-36(2)29-8-5-19-39(20-6-22-52(43,44)45)34(29)38-32(36)17-13-26(25-9-11-27(12-10-25)35(41)42)14-18-33-37(3,4)30-24-28(54(49,50)51)15-16-31(30)40(33)21-7-23-53(46,47)48;;/h5,8-19,24H,6-7,20-23H2,1-4H3,(H3-,41,42,43,44,45,46,47,48,49,50,51);;/q;2*+1/p-2. The molecule has 2 aromatic carbocycles. The molecule has 0 fully saturated rings. The zero-order valence-electron chi connectivity index (χ0n) is 31.9. The minimum Gasteiger partial charge on any atom is -0.748 e. The minimum absolute atomic E-state index is 0. The predicted octanol–water partition coefficient (Wildman–Crippen LogP) is -1.86. The van der Waals surface area contributed by atoms with Gasteiger partial charge in [0.1, 0.15) is 10.1 Å². The molecule has 1 aromatic heterocycles. The molecule has 2 aliphatic rings. The molecule has 1 N–H and O–H groups in total. The van der Waals surface area contributed by atoms with E-state index in [4.69, 9.17) is 4.99 Å². The molecule has 0 bridgehead atoms. The molecule has 56 heavy (non-hydrogen) atoms. The summed E-state index contributed by atoms with van der Waals surface area (Å²) in [6.45, 7) is 7.95. The smallest absolute Gasteiger partial charge is 0.748 e. The number of aromatic carboxylic acids is 1. The Morgan fingerprint density at radius 2 is 1.45 bits per heavy atom. The molecule has 2 aliphatic heterocycles. The number of carboxylic acid groups (broad SMARTS) is 1. The van der Waals surface area contributed by atoms with Crippen molar-refractivity contribution in [1.82, 2.24) is 0 Å². The van der Waals surface area contributed by atoms with Crippen molar-refractivity contribution in [2.45, 2.75) is 62.8 Å². The van der Waals surface area contributed by atoms with Gasteiger partial charge in [-0.25, -0.2) is 34.6 Å². The summed E-state index contributed by atoms with van der Waals surface area (Å²) in [5.41, 5.74) is 3.03. The number of hydrogen-bond acceptors (Lipinski definition) is 12. The maximum absolute atomic E-state index is 11.9. The molecule has 3 heterocycles. The third-order valence-corrected chi connectivity index (χ3v) is 12.0. The van der Waals surface area contributed by atoms with Crippen molar-refractivity contribution in [2.75, 3.05) is 23.0 Å². The van der Waals surface area contributed by atoms with Crippen LogP contribution in [-0.4, -0.2) is 73.7 Å². The van der Waals surface area contributed by atoms with Crippen LogP contribution in [0.5, 0.6) is 0 Å². The summed E-state index contributed by atoms with van der Waals surface area (Å²) in [6, 6.07) is 13.9. The summed E-state index contributed by atoms with van der Waals surface area (Å²) in [5.74, 6) is -1.63. The predicted molar refractivity (Wildman–Crippen MR) is 198 cm³/mol. The molecule has 5 rings (SSSR count). The normalized spacial score (nSPS) is 16.9. The van der Waals surface area contributed by atoms with Gasteiger partial charge in [0.25, 0.3) is 0 Å². The number of allylic oxidation sites excluding steroid dienone is 6. The quantitative estimate of drug-likeness (QED) is 0.0816. The molecule has 0 amide bonds. The van der Waals surface area contributed by atoms with Crippen molar-refractivity contribution in [2.24, 2.45) is 4.99 Å². The summed E-state index contributed by atoms with van der Waals surface area (Å²) in [4.78, 5) is 17.9. The van der Waals surface area contributed by atoms with Crippen LogP contribution in [0.15, 0.2) is 101 Å². The maximum atomic E-state index is 11.9. The number of pyridine rings is 1. The molecule has 0 saturated heterocycles. The van der Waals surface area contributed by atoms with Gasteiger partial charge in [0.2, 0.25) is 0 Å². The fourth-order valence-corrected chi connectivity index (χ4v) is 8.19. The zero-order valence-corrected chi connectivity index (χ0v) is 38.4. The van der Waals surface area contributed by atoms with Gasteiger partial charge >= 0.3 is 70.9 Å². The second-order valence-corrected chi connectivity index (χ2v) is 18.5. The van der Waals surface area contributed by atoms with Crippen LogP contribution >= 0.6 is 0 Å². The number of rotatable bonds is 14. The Hall–Kier alpha value is -2.52. The first-order valence-corrected chi connectivity index (χ1v) is 21.4. The summed E-state index contributed by atoms with van der Waals surface area (Å²) >= 11 is 0. The molecule has 288 valence electrons. The molecule has 3 aromatic rings. The number of carboxylic acids is 1. The summed E-state index contributed by atoms with van der Waals surface area (Å²) in [5, 5.41) is 9.51. The van der Waals surface area contributed by atoms with Gasteiger partial charge < -0.3 is 23.7 Å². The summed E-state index contributed by atoms with van der Waals surface area (Å²) < 4.78 is 106. The van der Waals surface area contributed by atoms with E-state index in [2.05, 4.69) is 0 Å². The number of benzene rings is 2. The molecule has 14 nitrogen and oxygen atoms in total. The Morgan fingerprint density at radius 3 is 2.04 bits per heavy atom. The van der Waals surface area contributed by atoms with E-state index < -0.39 is 63.6 Å². The number of aromatic nitrogens is 1. The Morgan fingerprint density at radius 1 is 0.839 bits per heavy atom. The van der Waals surface area contributed by atoms with E-state index in [1.54, 1.807) is 46.0 Å². The largest absolute Gasteiger partial charge is 1.00 e. The molecule has 0 atom stereocenters. The van der Waals surface area contributed by atoms with Gasteiger partial charge in [-0.2, -0.15) is 0 Å². The molecular formula is C37H39N3Na2O11S3. The first kappa shape index (κ1) is 47.9. The Balaban J connectivity index is 0.00000420. The first-order valence-electron chi connectivity index (χ1n) is 16.8. The molecule has 0 radical (unpaired) electrons. The Bertz CT molecular complexity index is 2460. The molecular weight excluding hydrogens is 805 g/mol. The molecule has 19 heteroatoms. The van der Waals surface area contributed by atoms with Crippen molar-refractivity contribution in [3.05, 3.63) is 113 Å². The van der Waals surface area contributed by atoms with Gasteiger partial charge in [-0.1, -0.05) is 38.1 Å².